The summed E-state index contributed by atoms with van der Waals surface area (Å²) in [6, 6.07) is 0. The standard InChI is InChI=1S/C2H6B2N/c1-5-2-4-3/h5H,2H2,1H3. The molecule has 25 valence electrons. The van der Waals surface area contributed by atoms with Crippen molar-refractivity contribution in [3.63, 3.8) is 0 Å². The van der Waals surface area contributed by atoms with E-state index in [0.717, 1.165) is 6.44 Å². The SMILES string of the molecule is [B][B]CNC. The topological polar surface area (TPSA) is 12.0 Å². The fourth-order valence-electron chi connectivity index (χ4n) is 0.118. The summed E-state index contributed by atoms with van der Waals surface area (Å²) in [6.45, 7) is 0. The van der Waals surface area contributed by atoms with E-state index in [1.54, 1.807) is 7.17 Å². The highest BCUT2D eigenvalue weighted by Crippen LogP contribution is 1.36. The molecule has 0 atom stereocenters. The fourth-order valence-corrected chi connectivity index (χ4v) is 0.118. The summed E-state index contributed by atoms with van der Waals surface area (Å²) in [4.78, 5) is 0. The molecule has 5 heavy (non-hydrogen) atoms. The molecule has 0 unspecified atom stereocenters. The van der Waals surface area contributed by atoms with Gasteiger partial charge in [-0.05, 0) is 13.5 Å². The Labute approximate surface area is 34.8 Å². The molecule has 1 nitrogen and oxygen atoms in total. The Kier molecular flexibility index (Phi) is 4.16. The van der Waals surface area contributed by atoms with Crippen LogP contribution in [0.15, 0.2) is 0 Å². The highest BCUT2D eigenvalue weighted by Gasteiger charge is 1.67. The van der Waals surface area contributed by atoms with Crippen molar-refractivity contribution < 1.29 is 0 Å². The summed E-state index contributed by atoms with van der Waals surface area (Å²) in [6.07, 6.45) is 0.792. The summed E-state index contributed by atoms with van der Waals surface area (Å²) >= 11 is 0. The molecule has 0 saturated carbocycles. The molecule has 0 rings (SSSR count). The molecule has 0 heterocycles. The molecular weight excluding hydrogens is 59.7 g/mol. The summed E-state index contributed by atoms with van der Waals surface area (Å²) in [5.74, 6) is 0. The van der Waals surface area contributed by atoms with Crippen LogP contribution in [0.5, 0.6) is 0 Å². The number of hydrogen-bond donors (Lipinski definition) is 1. The maximum atomic E-state index is 4.95. The number of hydrogen-bond acceptors (Lipinski definition) is 1. The van der Waals surface area contributed by atoms with E-state index in [2.05, 4.69) is 5.32 Å². The van der Waals surface area contributed by atoms with E-state index in [4.69, 9.17) is 7.74 Å². The van der Waals surface area contributed by atoms with Crippen molar-refractivity contribution in [2.75, 3.05) is 13.5 Å². The van der Waals surface area contributed by atoms with Gasteiger partial charge in [0.25, 0.3) is 0 Å². The van der Waals surface area contributed by atoms with Crippen LogP contribution in [-0.4, -0.2) is 28.4 Å². The maximum absolute atomic E-state index is 4.95. The van der Waals surface area contributed by atoms with Gasteiger partial charge in [-0.3, -0.25) is 0 Å². The molecule has 0 aliphatic rings. The summed E-state index contributed by atoms with van der Waals surface area (Å²) in [5, 5.41) is 2.84. The maximum Gasteiger partial charge on any atom is 0.0733 e. The first-order chi connectivity index (χ1) is 2.41. The Balaban J connectivity index is 2.19. The van der Waals surface area contributed by atoms with Crippen molar-refractivity contribution >= 4 is 14.9 Å². The lowest BCUT2D eigenvalue weighted by molar-refractivity contribution is 0.972. The van der Waals surface area contributed by atoms with Crippen LogP contribution in [0, 0.1) is 0 Å². The normalized spacial score (nSPS) is 7.40. The molecule has 0 spiro atoms. The summed E-state index contributed by atoms with van der Waals surface area (Å²) in [5.41, 5.74) is 0. The lowest BCUT2D eigenvalue weighted by Crippen LogP contribution is -2.14. The molecule has 1 N–H and O–H groups in total. The van der Waals surface area contributed by atoms with Crippen molar-refractivity contribution in [3.8, 4) is 0 Å². The Morgan fingerprint density at radius 3 is 2.60 bits per heavy atom. The average Bonchev–Trinajstić information content (AvgIpc) is 1.41. The second-order valence-electron chi connectivity index (χ2n) is 0.793. The smallest absolute Gasteiger partial charge is 0.0733 e. The van der Waals surface area contributed by atoms with Gasteiger partial charge in [0.2, 0.25) is 0 Å². The molecule has 0 aliphatic heterocycles. The molecule has 0 aromatic rings. The molecule has 0 saturated heterocycles. The van der Waals surface area contributed by atoms with E-state index in [1.807, 2.05) is 7.05 Å². The van der Waals surface area contributed by atoms with Gasteiger partial charge in [0.05, 0.1) is 7.17 Å². The predicted molar refractivity (Wildman–Crippen MR) is 25.4 cm³/mol. The molecule has 0 fully saturated rings. The number of rotatable bonds is 2. The minimum Gasteiger partial charge on any atom is -0.328 e. The minimum atomic E-state index is 0.792. The van der Waals surface area contributed by atoms with Crippen LogP contribution >= 0.6 is 0 Å². The first kappa shape index (κ1) is 5.09. The summed E-state index contributed by atoms with van der Waals surface area (Å²) < 4.78 is 0. The van der Waals surface area contributed by atoms with E-state index in [0.29, 0.717) is 0 Å². The second-order valence-corrected chi connectivity index (χ2v) is 0.793. The average molecular weight is 65.7 g/mol. The Morgan fingerprint density at radius 1 is 2.00 bits per heavy atom. The van der Waals surface area contributed by atoms with Gasteiger partial charge in [0.1, 0.15) is 0 Å². The minimum absolute atomic E-state index is 0.792. The largest absolute Gasteiger partial charge is 0.328 e. The third kappa shape index (κ3) is 4.09. The molecule has 0 aromatic carbocycles. The molecule has 3 heteroatoms. The van der Waals surface area contributed by atoms with Gasteiger partial charge >= 0.3 is 0 Å². The van der Waals surface area contributed by atoms with Crippen LogP contribution in [0.3, 0.4) is 0 Å². The lowest BCUT2D eigenvalue weighted by atomic mass is 9.56. The van der Waals surface area contributed by atoms with E-state index < -0.39 is 0 Å². The Bertz CT molecular complexity index is 15.1. The van der Waals surface area contributed by atoms with Gasteiger partial charge < -0.3 is 5.32 Å². The van der Waals surface area contributed by atoms with Gasteiger partial charge in [-0.15, -0.1) is 0 Å². The predicted octanol–water partition coefficient (Wildman–Crippen LogP) is -1.05. The van der Waals surface area contributed by atoms with Crippen LogP contribution in [-0.2, 0) is 0 Å². The number of nitrogens with one attached hydrogen (secondary N) is 1. The van der Waals surface area contributed by atoms with Gasteiger partial charge in [0, 0.05) is 7.74 Å². The first-order valence-electron chi connectivity index (χ1n) is 1.60. The van der Waals surface area contributed by atoms with Crippen molar-refractivity contribution in [1.29, 1.82) is 0 Å². The summed E-state index contributed by atoms with van der Waals surface area (Å²) in [7, 11) is 8.37. The zero-order chi connectivity index (χ0) is 4.12. The quantitative estimate of drug-likeness (QED) is 0.405. The van der Waals surface area contributed by atoms with Crippen molar-refractivity contribution in [2.24, 2.45) is 0 Å². The molecular formula is C2H6B2N. The van der Waals surface area contributed by atoms with Gasteiger partial charge in [-0.2, -0.15) is 0 Å². The van der Waals surface area contributed by atoms with E-state index in [-0.39, 0.29) is 0 Å². The van der Waals surface area contributed by atoms with Crippen LogP contribution in [0.25, 0.3) is 0 Å². The zero-order valence-electron chi connectivity index (χ0n) is 3.36. The van der Waals surface area contributed by atoms with Crippen LogP contribution in [0.2, 0.25) is 0 Å². The fraction of sp³-hybridized carbons (Fsp3) is 1.00. The third-order valence-corrected chi connectivity index (χ3v) is 0.322. The third-order valence-electron chi connectivity index (χ3n) is 0.322. The van der Waals surface area contributed by atoms with Crippen LogP contribution < -0.4 is 5.32 Å². The van der Waals surface area contributed by atoms with Crippen LogP contribution in [0.1, 0.15) is 0 Å². The highest BCUT2D eigenvalue weighted by molar-refractivity contribution is 6.89. The molecule has 0 bridgehead atoms. The van der Waals surface area contributed by atoms with E-state index >= 15 is 0 Å². The molecule has 0 aliphatic carbocycles. The van der Waals surface area contributed by atoms with E-state index in [9.17, 15) is 0 Å². The van der Waals surface area contributed by atoms with Crippen molar-refractivity contribution in [3.05, 3.63) is 0 Å². The van der Waals surface area contributed by atoms with Gasteiger partial charge in [-0.25, -0.2) is 0 Å². The Morgan fingerprint density at radius 2 is 2.60 bits per heavy atom. The lowest BCUT2D eigenvalue weighted by Gasteiger charge is -1.83. The van der Waals surface area contributed by atoms with Gasteiger partial charge in [-0.1, -0.05) is 0 Å². The van der Waals surface area contributed by atoms with Crippen molar-refractivity contribution in [1.82, 2.24) is 5.32 Å². The molecule has 0 aromatic heterocycles. The first-order valence-corrected chi connectivity index (χ1v) is 1.60. The second kappa shape index (κ2) is 4.09. The monoisotopic (exact) mass is 66.1 g/mol. The van der Waals surface area contributed by atoms with Gasteiger partial charge in [0.15, 0.2) is 0 Å². The Hall–Kier alpha value is 0.0899. The highest BCUT2D eigenvalue weighted by atomic mass is 14.8. The van der Waals surface area contributed by atoms with Crippen LogP contribution in [0.4, 0.5) is 0 Å². The molecule has 3 radical (unpaired) electrons. The molecule has 0 amide bonds. The van der Waals surface area contributed by atoms with Crippen molar-refractivity contribution in [2.45, 2.75) is 0 Å². The van der Waals surface area contributed by atoms with E-state index in [1.165, 1.54) is 0 Å². The zero-order valence-corrected chi connectivity index (χ0v) is 3.36.